The van der Waals surface area contributed by atoms with Crippen molar-refractivity contribution < 1.29 is 24.2 Å². The summed E-state index contributed by atoms with van der Waals surface area (Å²) in [4.78, 5) is 23.9. The Labute approximate surface area is 197 Å². The zero-order valence-electron chi connectivity index (χ0n) is 20.9. The van der Waals surface area contributed by atoms with Crippen LogP contribution in [0.1, 0.15) is 71.6 Å². The van der Waals surface area contributed by atoms with Gasteiger partial charge in [-0.3, -0.25) is 4.79 Å². The van der Waals surface area contributed by atoms with Crippen LogP contribution in [0.5, 0.6) is 11.5 Å². The third kappa shape index (κ3) is 7.81. The molecular formula is C27H37NO5. The predicted molar refractivity (Wildman–Crippen MR) is 131 cm³/mol. The molecule has 2 N–H and O–H groups in total. The van der Waals surface area contributed by atoms with Gasteiger partial charge in [-0.05, 0) is 65.1 Å². The van der Waals surface area contributed by atoms with E-state index in [0.29, 0.717) is 36.6 Å². The van der Waals surface area contributed by atoms with E-state index in [9.17, 15) is 14.7 Å². The number of carbonyl (C=O) groups is 2. The lowest BCUT2D eigenvalue weighted by Crippen LogP contribution is -2.18. The smallest absolute Gasteiger partial charge is 0.344 e. The van der Waals surface area contributed by atoms with E-state index in [1.54, 1.807) is 31.2 Å². The fraction of sp³-hybridized carbons (Fsp3) is 0.481. The second kappa shape index (κ2) is 10.7. The Morgan fingerprint density at radius 2 is 1.48 bits per heavy atom. The molecule has 33 heavy (non-hydrogen) atoms. The maximum Gasteiger partial charge on any atom is 0.344 e. The number of carbonyl (C=O) groups excluding carboxylic acids is 2. The van der Waals surface area contributed by atoms with E-state index in [4.69, 9.17) is 9.47 Å². The first-order chi connectivity index (χ1) is 15.3. The molecule has 2 aromatic carbocycles. The minimum atomic E-state index is -0.423. The Kier molecular flexibility index (Phi) is 8.53. The highest BCUT2D eigenvalue weighted by Gasteiger charge is 2.26. The zero-order chi connectivity index (χ0) is 24.8. The number of aromatic hydroxyl groups is 1. The van der Waals surface area contributed by atoms with Crippen LogP contribution in [0.25, 0.3) is 0 Å². The van der Waals surface area contributed by atoms with Gasteiger partial charge in [-0.2, -0.15) is 0 Å². The molecule has 6 heteroatoms. The van der Waals surface area contributed by atoms with Crippen molar-refractivity contribution >= 4 is 17.6 Å². The van der Waals surface area contributed by atoms with Gasteiger partial charge in [-0.25, -0.2) is 4.79 Å². The zero-order valence-corrected chi connectivity index (χ0v) is 20.9. The van der Waals surface area contributed by atoms with E-state index in [0.717, 1.165) is 16.7 Å². The molecule has 0 aromatic heterocycles. The molecule has 0 bridgehead atoms. The minimum Gasteiger partial charge on any atom is -0.507 e. The highest BCUT2D eigenvalue weighted by atomic mass is 16.6. The Morgan fingerprint density at radius 1 is 0.939 bits per heavy atom. The van der Waals surface area contributed by atoms with Crippen LogP contribution in [0.2, 0.25) is 0 Å². The molecule has 0 unspecified atom stereocenters. The molecule has 0 heterocycles. The molecule has 0 atom stereocenters. The number of hydrogen-bond donors (Lipinski definition) is 2. The average Bonchev–Trinajstić information content (AvgIpc) is 2.71. The SMILES string of the molecule is CCOC(=O)COc1ccc(NC(=O)CCc2cc(C(C)(C)C)c(O)c(C(C)(C)C)c2)cc1. The van der Waals surface area contributed by atoms with Gasteiger partial charge in [0.25, 0.3) is 0 Å². The van der Waals surface area contributed by atoms with Gasteiger partial charge in [0, 0.05) is 12.1 Å². The van der Waals surface area contributed by atoms with Crippen molar-refractivity contribution in [1.29, 1.82) is 0 Å². The first kappa shape index (κ1) is 26.2. The lowest BCUT2D eigenvalue weighted by Gasteiger charge is -2.28. The van der Waals surface area contributed by atoms with Crippen LogP contribution in [-0.2, 0) is 31.6 Å². The standard InChI is InChI=1S/C27H37NO5/c1-8-32-24(30)17-33-20-12-10-19(11-13-20)28-23(29)14-9-18-15-21(26(2,3)4)25(31)22(16-18)27(5,6)7/h10-13,15-16,31H,8-9,14,17H2,1-7H3,(H,28,29). The number of rotatable bonds is 8. The number of phenols is 1. The normalized spacial score (nSPS) is 11.7. The van der Waals surface area contributed by atoms with Crippen molar-refractivity contribution in [2.75, 3.05) is 18.5 Å². The lowest BCUT2D eigenvalue weighted by atomic mass is 9.78. The summed E-state index contributed by atoms with van der Waals surface area (Å²) in [6.45, 7) is 14.3. The molecule has 2 rings (SSSR count). The van der Waals surface area contributed by atoms with Crippen LogP contribution in [-0.4, -0.2) is 30.2 Å². The first-order valence-corrected chi connectivity index (χ1v) is 11.4. The Bertz CT molecular complexity index is 930. The number of amides is 1. The molecule has 1 amide bonds. The van der Waals surface area contributed by atoms with Crippen LogP contribution in [0, 0.1) is 0 Å². The van der Waals surface area contributed by atoms with Crippen LogP contribution < -0.4 is 10.1 Å². The lowest BCUT2D eigenvalue weighted by molar-refractivity contribution is -0.145. The fourth-order valence-corrected chi connectivity index (χ4v) is 3.44. The second-order valence-electron chi connectivity index (χ2n) is 10.2. The van der Waals surface area contributed by atoms with E-state index in [1.807, 2.05) is 12.1 Å². The third-order valence-electron chi connectivity index (χ3n) is 5.23. The maximum absolute atomic E-state index is 12.5. The van der Waals surface area contributed by atoms with Crippen molar-refractivity contribution in [3.63, 3.8) is 0 Å². The molecule has 180 valence electrons. The summed E-state index contributed by atoms with van der Waals surface area (Å²) in [7, 11) is 0. The second-order valence-corrected chi connectivity index (χ2v) is 10.2. The van der Waals surface area contributed by atoms with Crippen molar-refractivity contribution in [2.24, 2.45) is 0 Å². The summed E-state index contributed by atoms with van der Waals surface area (Å²) in [5.41, 5.74) is 3.05. The highest BCUT2D eigenvalue weighted by Crippen LogP contribution is 2.40. The summed E-state index contributed by atoms with van der Waals surface area (Å²) in [6.07, 6.45) is 0.887. The Balaban J connectivity index is 2.02. The molecule has 0 spiro atoms. The van der Waals surface area contributed by atoms with Gasteiger partial charge in [0.1, 0.15) is 11.5 Å². The molecule has 0 fully saturated rings. The Hall–Kier alpha value is -3.02. The molecule has 0 radical (unpaired) electrons. The summed E-state index contributed by atoms with van der Waals surface area (Å²) in [5, 5.41) is 13.7. The van der Waals surface area contributed by atoms with E-state index in [-0.39, 0.29) is 23.3 Å². The number of phenolic OH excluding ortho intramolecular Hbond substituents is 1. The van der Waals surface area contributed by atoms with Crippen molar-refractivity contribution in [3.8, 4) is 11.5 Å². The third-order valence-corrected chi connectivity index (χ3v) is 5.23. The maximum atomic E-state index is 12.5. The van der Waals surface area contributed by atoms with Crippen LogP contribution in [0.3, 0.4) is 0 Å². The molecule has 6 nitrogen and oxygen atoms in total. The van der Waals surface area contributed by atoms with E-state index in [1.165, 1.54) is 0 Å². The number of ether oxygens (including phenoxy) is 2. The molecular weight excluding hydrogens is 418 g/mol. The van der Waals surface area contributed by atoms with E-state index in [2.05, 4.69) is 46.9 Å². The van der Waals surface area contributed by atoms with Gasteiger partial charge in [0.2, 0.25) is 5.91 Å². The van der Waals surface area contributed by atoms with Crippen LogP contribution in [0.15, 0.2) is 36.4 Å². The summed E-state index contributed by atoms with van der Waals surface area (Å²) >= 11 is 0. The van der Waals surface area contributed by atoms with E-state index >= 15 is 0 Å². The molecule has 2 aromatic rings. The average molecular weight is 456 g/mol. The van der Waals surface area contributed by atoms with E-state index < -0.39 is 5.97 Å². The van der Waals surface area contributed by atoms with Gasteiger partial charge in [-0.15, -0.1) is 0 Å². The van der Waals surface area contributed by atoms with Gasteiger partial charge in [0.15, 0.2) is 6.61 Å². The number of esters is 1. The monoisotopic (exact) mass is 455 g/mol. The van der Waals surface area contributed by atoms with Crippen molar-refractivity contribution in [2.45, 2.75) is 72.1 Å². The Morgan fingerprint density at radius 3 is 1.97 bits per heavy atom. The van der Waals surface area contributed by atoms with Gasteiger partial charge < -0.3 is 19.9 Å². The van der Waals surface area contributed by atoms with Gasteiger partial charge in [0.05, 0.1) is 6.61 Å². The number of aryl methyl sites for hydroxylation is 1. The molecule has 0 aliphatic heterocycles. The van der Waals surface area contributed by atoms with Gasteiger partial charge >= 0.3 is 5.97 Å². The molecule has 0 saturated heterocycles. The fourth-order valence-electron chi connectivity index (χ4n) is 3.44. The number of hydrogen-bond acceptors (Lipinski definition) is 5. The van der Waals surface area contributed by atoms with Crippen LogP contribution >= 0.6 is 0 Å². The largest absolute Gasteiger partial charge is 0.507 e. The minimum absolute atomic E-state index is 0.0992. The number of anilines is 1. The summed E-state index contributed by atoms with van der Waals surface area (Å²) in [5.74, 6) is 0.342. The van der Waals surface area contributed by atoms with Gasteiger partial charge in [-0.1, -0.05) is 53.7 Å². The van der Waals surface area contributed by atoms with Crippen molar-refractivity contribution in [3.05, 3.63) is 53.1 Å². The number of benzene rings is 2. The summed E-state index contributed by atoms with van der Waals surface area (Å²) in [6, 6.07) is 10.9. The first-order valence-electron chi connectivity index (χ1n) is 11.4. The number of nitrogens with one attached hydrogen (secondary N) is 1. The molecule has 0 aliphatic carbocycles. The topological polar surface area (TPSA) is 84.9 Å². The summed E-state index contributed by atoms with van der Waals surface area (Å²) < 4.78 is 10.2. The molecule has 0 aliphatic rings. The quantitative estimate of drug-likeness (QED) is 0.514. The molecule has 0 saturated carbocycles. The van der Waals surface area contributed by atoms with Crippen LogP contribution in [0.4, 0.5) is 5.69 Å². The van der Waals surface area contributed by atoms with Crippen molar-refractivity contribution in [1.82, 2.24) is 0 Å². The predicted octanol–water partition coefficient (Wildman–Crippen LogP) is 5.50. The highest BCUT2D eigenvalue weighted by molar-refractivity contribution is 5.90.